The van der Waals surface area contributed by atoms with Crippen LogP contribution in [-0.4, -0.2) is 41.1 Å². The van der Waals surface area contributed by atoms with Gasteiger partial charge in [0.05, 0.1) is 6.61 Å². The van der Waals surface area contributed by atoms with Crippen molar-refractivity contribution in [3.8, 4) is 0 Å². The van der Waals surface area contributed by atoms with Gasteiger partial charge in [-0.05, 0) is 57.3 Å². The highest BCUT2D eigenvalue weighted by atomic mass is 16.3. The van der Waals surface area contributed by atoms with E-state index in [0.29, 0.717) is 31.0 Å². The zero-order valence-electron chi connectivity index (χ0n) is 11.9. The van der Waals surface area contributed by atoms with E-state index < -0.39 is 0 Å². The molecule has 0 heterocycles. The Labute approximate surface area is 116 Å². The number of aliphatic hydroxyl groups excluding tert-OH is 1. The fourth-order valence-electron chi connectivity index (χ4n) is 3.27. The molecule has 2 aliphatic rings. The molecule has 0 saturated heterocycles. The normalized spacial score (nSPS) is 27.9. The summed E-state index contributed by atoms with van der Waals surface area (Å²) < 4.78 is 0. The average Bonchev–Trinajstić information content (AvgIpc) is 2.35. The minimum atomic E-state index is 0.0839. The fraction of sp³-hybridized carbons (Fsp3) is 0.933. The van der Waals surface area contributed by atoms with E-state index >= 15 is 0 Å². The summed E-state index contributed by atoms with van der Waals surface area (Å²) in [5.41, 5.74) is 5.90. The van der Waals surface area contributed by atoms with Crippen molar-refractivity contribution in [2.24, 2.45) is 11.7 Å². The maximum absolute atomic E-state index is 12.3. The van der Waals surface area contributed by atoms with Crippen molar-refractivity contribution in [2.75, 3.05) is 13.2 Å². The Hall–Kier alpha value is -0.610. The number of hydrogen-bond donors (Lipinski definition) is 2. The molecular formula is C15H28N2O2. The van der Waals surface area contributed by atoms with Crippen molar-refractivity contribution < 1.29 is 9.90 Å². The number of nitrogens with two attached hydrogens (primary N) is 1. The van der Waals surface area contributed by atoms with Crippen LogP contribution in [0.4, 0.5) is 0 Å². The average molecular weight is 268 g/mol. The number of rotatable bonds is 6. The van der Waals surface area contributed by atoms with E-state index in [0.717, 1.165) is 32.1 Å². The van der Waals surface area contributed by atoms with E-state index in [1.807, 2.05) is 4.90 Å². The molecular weight excluding hydrogens is 240 g/mol. The molecule has 2 fully saturated rings. The largest absolute Gasteiger partial charge is 0.395 e. The highest BCUT2D eigenvalue weighted by Crippen LogP contribution is 2.29. The highest BCUT2D eigenvalue weighted by molar-refractivity contribution is 5.76. The van der Waals surface area contributed by atoms with Crippen molar-refractivity contribution in [2.45, 2.75) is 69.9 Å². The van der Waals surface area contributed by atoms with Gasteiger partial charge in [-0.15, -0.1) is 0 Å². The highest BCUT2D eigenvalue weighted by Gasteiger charge is 2.28. The molecule has 0 radical (unpaired) electrons. The Kier molecular flexibility index (Phi) is 5.64. The molecule has 4 nitrogen and oxygen atoms in total. The standard InChI is InChI=1S/C15H28N2O2/c16-13-7-4-12(5-8-13)6-9-15(19)17(10-11-18)14-2-1-3-14/h12-14,18H,1-11,16H2. The van der Waals surface area contributed by atoms with Crippen molar-refractivity contribution in [3.63, 3.8) is 0 Å². The van der Waals surface area contributed by atoms with Crippen molar-refractivity contribution in [3.05, 3.63) is 0 Å². The number of nitrogens with zero attached hydrogens (tertiary/aromatic N) is 1. The monoisotopic (exact) mass is 268 g/mol. The van der Waals surface area contributed by atoms with Gasteiger partial charge in [0.2, 0.25) is 5.91 Å². The smallest absolute Gasteiger partial charge is 0.222 e. The van der Waals surface area contributed by atoms with Crippen LogP contribution in [0.5, 0.6) is 0 Å². The van der Waals surface area contributed by atoms with Gasteiger partial charge in [-0.2, -0.15) is 0 Å². The molecule has 0 bridgehead atoms. The number of carbonyl (C=O) groups excluding carboxylic acids is 1. The van der Waals surface area contributed by atoms with Gasteiger partial charge in [0.25, 0.3) is 0 Å². The van der Waals surface area contributed by atoms with Crippen LogP contribution in [0.1, 0.15) is 57.8 Å². The van der Waals surface area contributed by atoms with Crippen molar-refractivity contribution in [1.29, 1.82) is 0 Å². The van der Waals surface area contributed by atoms with Crippen LogP contribution in [0.25, 0.3) is 0 Å². The zero-order valence-corrected chi connectivity index (χ0v) is 11.9. The van der Waals surface area contributed by atoms with Crippen LogP contribution < -0.4 is 5.73 Å². The Bertz CT molecular complexity index is 284. The van der Waals surface area contributed by atoms with E-state index in [-0.39, 0.29) is 12.5 Å². The summed E-state index contributed by atoms with van der Waals surface area (Å²) in [7, 11) is 0. The SMILES string of the molecule is NC1CCC(CCC(=O)N(CCO)C2CCC2)CC1. The Morgan fingerprint density at radius 3 is 2.37 bits per heavy atom. The van der Waals surface area contributed by atoms with Gasteiger partial charge < -0.3 is 15.7 Å². The lowest BCUT2D eigenvalue weighted by atomic mass is 9.83. The van der Waals surface area contributed by atoms with E-state index in [1.165, 1.54) is 19.3 Å². The summed E-state index contributed by atoms with van der Waals surface area (Å²) in [6.07, 6.45) is 9.68. The number of aliphatic hydroxyl groups is 1. The first-order chi connectivity index (χ1) is 9.20. The molecule has 0 aromatic heterocycles. The summed E-state index contributed by atoms with van der Waals surface area (Å²) in [5.74, 6) is 0.926. The second kappa shape index (κ2) is 7.25. The first-order valence-corrected chi connectivity index (χ1v) is 7.86. The van der Waals surface area contributed by atoms with E-state index in [9.17, 15) is 4.79 Å². The minimum Gasteiger partial charge on any atom is -0.395 e. The summed E-state index contributed by atoms with van der Waals surface area (Å²) in [5, 5.41) is 9.09. The molecule has 110 valence electrons. The third-order valence-electron chi connectivity index (χ3n) is 4.83. The molecule has 0 unspecified atom stereocenters. The molecule has 1 amide bonds. The summed E-state index contributed by atoms with van der Waals surface area (Å²) in [4.78, 5) is 14.2. The van der Waals surface area contributed by atoms with E-state index in [4.69, 9.17) is 10.8 Å². The number of amides is 1. The van der Waals surface area contributed by atoms with Gasteiger partial charge in [-0.1, -0.05) is 0 Å². The second-order valence-corrected chi connectivity index (χ2v) is 6.21. The van der Waals surface area contributed by atoms with Crippen LogP contribution in [0.3, 0.4) is 0 Å². The van der Waals surface area contributed by atoms with Crippen molar-refractivity contribution >= 4 is 5.91 Å². The molecule has 2 aliphatic carbocycles. The van der Waals surface area contributed by atoms with E-state index in [1.54, 1.807) is 0 Å². The number of carbonyl (C=O) groups is 1. The van der Waals surface area contributed by atoms with Gasteiger partial charge in [0.15, 0.2) is 0 Å². The lowest BCUT2D eigenvalue weighted by Gasteiger charge is -2.37. The maximum Gasteiger partial charge on any atom is 0.222 e. The third kappa shape index (κ3) is 4.18. The van der Waals surface area contributed by atoms with Crippen LogP contribution in [0.15, 0.2) is 0 Å². The molecule has 2 saturated carbocycles. The summed E-state index contributed by atoms with van der Waals surface area (Å²) in [6.45, 7) is 0.597. The van der Waals surface area contributed by atoms with Crippen LogP contribution in [0.2, 0.25) is 0 Å². The van der Waals surface area contributed by atoms with Crippen LogP contribution in [0, 0.1) is 5.92 Å². The fourth-order valence-corrected chi connectivity index (χ4v) is 3.27. The summed E-state index contributed by atoms with van der Waals surface area (Å²) >= 11 is 0. The van der Waals surface area contributed by atoms with Crippen LogP contribution >= 0.6 is 0 Å². The maximum atomic E-state index is 12.3. The molecule has 4 heteroatoms. The first kappa shape index (κ1) is 14.8. The topological polar surface area (TPSA) is 66.6 Å². The Morgan fingerprint density at radius 2 is 1.84 bits per heavy atom. The first-order valence-electron chi connectivity index (χ1n) is 7.86. The quantitative estimate of drug-likeness (QED) is 0.770. The Morgan fingerprint density at radius 1 is 1.16 bits per heavy atom. The predicted molar refractivity (Wildman–Crippen MR) is 75.6 cm³/mol. The summed E-state index contributed by atoms with van der Waals surface area (Å²) in [6, 6.07) is 0.784. The molecule has 3 N–H and O–H groups in total. The Balaban J connectivity index is 1.72. The lowest BCUT2D eigenvalue weighted by Crippen LogP contribution is -2.45. The van der Waals surface area contributed by atoms with Crippen molar-refractivity contribution in [1.82, 2.24) is 4.90 Å². The molecule has 0 atom stereocenters. The van der Waals surface area contributed by atoms with Gasteiger partial charge in [-0.3, -0.25) is 4.79 Å². The molecule has 0 aromatic carbocycles. The lowest BCUT2D eigenvalue weighted by molar-refractivity contribution is -0.136. The zero-order chi connectivity index (χ0) is 13.7. The molecule has 2 rings (SSSR count). The molecule has 19 heavy (non-hydrogen) atoms. The van der Waals surface area contributed by atoms with Gasteiger partial charge in [0, 0.05) is 25.0 Å². The molecule has 0 spiro atoms. The van der Waals surface area contributed by atoms with E-state index in [2.05, 4.69) is 0 Å². The predicted octanol–water partition coefficient (Wildman–Crippen LogP) is 1.66. The second-order valence-electron chi connectivity index (χ2n) is 6.21. The van der Waals surface area contributed by atoms with Gasteiger partial charge in [0.1, 0.15) is 0 Å². The third-order valence-corrected chi connectivity index (χ3v) is 4.83. The van der Waals surface area contributed by atoms with Crippen LogP contribution in [-0.2, 0) is 4.79 Å². The number of hydrogen-bond acceptors (Lipinski definition) is 3. The van der Waals surface area contributed by atoms with Gasteiger partial charge >= 0.3 is 0 Å². The minimum absolute atomic E-state index is 0.0839. The molecule has 0 aromatic rings. The molecule has 0 aliphatic heterocycles. The van der Waals surface area contributed by atoms with Gasteiger partial charge in [-0.25, -0.2) is 0 Å².